The normalized spacial score (nSPS) is 21.2. The molecule has 0 radical (unpaired) electrons. The lowest BCUT2D eigenvalue weighted by molar-refractivity contribution is -0.151. The van der Waals surface area contributed by atoms with Crippen LogP contribution in [0.2, 0.25) is 5.02 Å². The Morgan fingerprint density at radius 3 is 2.84 bits per heavy atom. The fraction of sp³-hybridized carbons (Fsp3) is 0.444. The van der Waals surface area contributed by atoms with E-state index >= 15 is 0 Å². The second-order valence-electron chi connectivity index (χ2n) is 7.31. The van der Waals surface area contributed by atoms with Crippen LogP contribution in [0.5, 0.6) is 0 Å². The number of thioether (sulfide) groups is 2. The summed E-state index contributed by atoms with van der Waals surface area (Å²) in [5.41, 5.74) is 0.649. The highest BCUT2D eigenvalue weighted by Gasteiger charge is 2.54. The minimum absolute atomic E-state index is 0.00258. The van der Waals surface area contributed by atoms with Crippen molar-refractivity contribution in [2.24, 2.45) is 5.92 Å². The predicted molar refractivity (Wildman–Crippen MR) is 121 cm³/mol. The molecule has 2 N–H and O–H groups in total. The van der Waals surface area contributed by atoms with Gasteiger partial charge in [0.2, 0.25) is 5.91 Å². The number of aromatic nitrogens is 4. The summed E-state index contributed by atoms with van der Waals surface area (Å²) in [6.45, 7) is 3.89. The van der Waals surface area contributed by atoms with Crippen molar-refractivity contribution in [2.45, 2.75) is 36.1 Å². The zero-order valence-electron chi connectivity index (χ0n) is 17.0. The summed E-state index contributed by atoms with van der Waals surface area (Å²) >= 11 is 10.1. The number of hydrogen-bond acceptors (Lipinski definition) is 9. The number of hydrogen-bond donors (Lipinski definition) is 2. The Morgan fingerprint density at radius 1 is 1.44 bits per heavy atom. The Balaban J connectivity index is 1.41. The van der Waals surface area contributed by atoms with E-state index in [0.717, 1.165) is 9.35 Å². The van der Waals surface area contributed by atoms with Gasteiger partial charge in [0.1, 0.15) is 22.1 Å². The van der Waals surface area contributed by atoms with Gasteiger partial charge in [-0.15, -0.1) is 22.0 Å². The molecule has 0 unspecified atom stereocenters. The van der Waals surface area contributed by atoms with E-state index in [1.54, 1.807) is 17.8 Å². The second kappa shape index (κ2) is 9.41. The van der Waals surface area contributed by atoms with Gasteiger partial charge in [-0.05, 0) is 12.5 Å². The smallest absolute Gasteiger partial charge is 0.352 e. The van der Waals surface area contributed by atoms with Crippen molar-refractivity contribution in [1.82, 2.24) is 30.2 Å². The number of carbonyl (C=O) groups excluding carboxylic acids is 2. The number of nitrogens with zero attached hydrogens (tertiary/aromatic N) is 5. The van der Waals surface area contributed by atoms with Crippen molar-refractivity contribution < 1.29 is 19.5 Å². The highest BCUT2D eigenvalue weighted by Crippen LogP contribution is 2.41. The van der Waals surface area contributed by atoms with Gasteiger partial charge in [-0.1, -0.05) is 41.6 Å². The van der Waals surface area contributed by atoms with Crippen LogP contribution in [0.25, 0.3) is 0 Å². The lowest BCUT2D eigenvalue weighted by Gasteiger charge is -2.49. The molecule has 4 heterocycles. The summed E-state index contributed by atoms with van der Waals surface area (Å²) in [5, 5.41) is 25.4. The zero-order chi connectivity index (χ0) is 23.0. The van der Waals surface area contributed by atoms with E-state index in [0.29, 0.717) is 28.6 Å². The molecule has 2 aliphatic rings. The molecule has 0 bridgehead atoms. The van der Waals surface area contributed by atoms with E-state index in [1.807, 2.05) is 6.92 Å². The van der Waals surface area contributed by atoms with E-state index in [1.165, 1.54) is 46.0 Å². The van der Waals surface area contributed by atoms with Crippen LogP contribution in [0.15, 0.2) is 28.0 Å². The standard InChI is InChI=1S/C18H19ClN6O4S3/c1-8(4-24-5-11(19)3-20-24)14(26)21-12-15(27)25-13(17(28)29)10(6-30-16(12)25)7-31-18-23-22-9(2)32-18/h3,5,8,12,16H,4,6-7H2,1-2H3,(H,21,26)(H,28,29)/t8-,12+,16-/m1/s1. The maximum atomic E-state index is 12.8. The number of carbonyl (C=O) groups is 3. The maximum Gasteiger partial charge on any atom is 0.352 e. The summed E-state index contributed by atoms with van der Waals surface area (Å²) in [7, 11) is 0. The van der Waals surface area contributed by atoms with Crippen molar-refractivity contribution in [1.29, 1.82) is 0 Å². The highest BCUT2D eigenvalue weighted by atomic mass is 35.5. The monoisotopic (exact) mass is 514 g/mol. The number of fused-ring (bicyclic) bond motifs is 1. The number of amides is 2. The first kappa shape index (κ1) is 23.1. The van der Waals surface area contributed by atoms with Crippen LogP contribution in [-0.4, -0.2) is 70.7 Å². The summed E-state index contributed by atoms with van der Waals surface area (Å²) in [5.74, 6) is -1.46. The number of carboxylic acid groups (broad SMARTS) is 1. The Kier molecular flexibility index (Phi) is 6.79. The summed E-state index contributed by atoms with van der Waals surface area (Å²) in [4.78, 5) is 38.6. The Labute approximate surface area is 200 Å². The molecular weight excluding hydrogens is 496 g/mol. The van der Waals surface area contributed by atoms with E-state index in [9.17, 15) is 19.5 Å². The van der Waals surface area contributed by atoms with E-state index in [2.05, 4.69) is 20.6 Å². The molecule has 170 valence electrons. The molecule has 2 amide bonds. The number of aryl methyl sites for hydroxylation is 1. The number of aliphatic carboxylic acids is 1. The van der Waals surface area contributed by atoms with Crippen LogP contribution < -0.4 is 5.32 Å². The largest absolute Gasteiger partial charge is 0.477 e. The molecule has 2 aromatic heterocycles. The first-order valence-electron chi connectivity index (χ1n) is 9.56. The number of β-lactam (4-membered cyclic amide) rings is 1. The molecule has 14 heteroatoms. The van der Waals surface area contributed by atoms with E-state index < -0.39 is 29.2 Å². The number of halogens is 1. The molecule has 4 rings (SSSR count). The van der Waals surface area contributed by atoms with Gasteiger partial charge >= 0.3 is 5.97 Å². The summed E-state index contributed by atoms with van der Waals surface area (Å²) in [6, 6.07) is -0.759. The maximum absolute atomic E-state index is 12.8. The Morgan fingerprint density at radius 2 is 2.22 bits per heavy atom. The van der Waals surface area contributed by atoms with Gasteiger partial charge in [0.15, 0.2) is 4.34 Å². The molecule has 32 heavy (non-hydrogen) atoms. The fourth-order valence-corrected chi connectivity index (χ4v) is 6.83. The minimum Gasteiger partial charge on any atom is -0.477 e. The summed E-state index contributed by atoms with van der Waals surface area (Å²) < 4.78 is 2.31. The van der Waals surface area contributed by atoms with Crippen molar-refractivity contribution in [3.63, 3.8) is 0 Å². The summed E-state index contributed by atoms with van der Waals surface area (Å²) in [6.07, 6.45) is 3.10. The number of rotatable bonds is 8. The van der Waals surface area contributed by atoms with Crippen LogP contribution in [0.4, 0.5) is 0 Å². The topological polar surface area (TPSA) is 130 Å². The van der Waals surface area contributed by atoms with Gasteiger partial charge in [0.05, 0.1) is 23.7 Å². The van der Waals surface area contributed by atoms with Crippen molar-refractivity contribution in [2.75, 3.05) is 11.5 Å². The Bertz CT molecular complexity index is 1100. The second-order valence-corrected chi connectivity index (χ2v) is 11.3. The average Bonchev–Trinajstić information content (AvgIpc) is 3.36. The molecule has 1 fully saturated rings. The van der Waals surface area contributed by atoms with Gasteiger partial charge in [-0.25, -0.2) is 4.79 Å². The third-order valence-electron chi connectivity index (χ3n) is 4.94. The molecule has 2 aromatic rings. The molecule has 3 atom stereocenters. The highest BCUT2D eigenvalue weighted by molar-refractivity contribution is 8.01. The first-order valence-corrected chi connectivity index (χ1v) is 12.8. The van der Waals surface area contributed by atoms with Gasteiger partial charge in [-0.3, -0.25) is 19.2 Å². The van der Waals surface area contributed by atoms with Gasteiger partial charge in [0.25, 0.3) is 5.91 Å². The Hall–Kier alpha value is -2.09. The van der Waals surface area contributed by atoms with Crippen LogP contribution >= 0.6 is 46.5 Å². The minimum atomic E-state index is -1.15. The molecule has 0 saturated carbocycles. The van der Waals surface area contributed by atoms with Crippen molar-refractivity contribution in [3.05, 3.63) is 33.7 Å². The van der Waals surface area contributed by atoms with Crippen molar-refractivity contribution >= 4 is 64.2 Å². The van der Waals surface area contributed by atoms with Gasteiger partial charge in [0, 0.05) is 17.7 Å². The molecule has 1 saturated heterocycles. The SMILES string of the molecule is Cc1nnc(SCC2=C(C(=O)O)N3C(=O)[C@H](NC(=O)[C@H](C)Cn4cc(Cl)cn4)[C@H]3SC2)s1. The predicted octanol–water partition coefficient (Wildman–Crippen LogP) is 1.86. The molecular formula is C18H19ClN6O4S3. The molecule has 0 aromatic carbocycles. The first-order chi connectivity index (χ1) is 15.2. The van der Waals surface area contributed by atoms with Crippen LogP contribution in [0.1, 0.15) is 11.9 Å². The van der Waals surface area contributed by atoms with Crippen LogP contribution in [0, 0.1) is 12.8 Å². The number of nitrogens with one attached hydrogen (secondary N) is 1. The van der Waals surface area contributed by atoms with Crippen molar-refractivity contribution in [3.8, 4) is 0 Å². The van der Waals surface area contributed by atoms with Crippen LogP contribution in [-0.2, 0) is 20.9 Å². The third kappa shape index (κ3) is 4.65. The number of carboxylic acids is 1. The van der Waals surface area contributed by atoms with Gasteiger partial charge < -0.3 is 10.4 Å². The molecule has 0 aliphatic carbocycles. The van der Waals surface area contributed by atoms with Gasteiger partial charge in [-0.2, -0.15) is 5.10 Å². The van der Waals surface area contributed by atoms with E-state index in [-0.39, 0.29) is 11.6 Å². The zero-order valence-corrected chi connectivity index (χ0v) is 20.2. The quantitative estimate of drug-likeness (QED) is 0.400. The fourth-order valence-electron chi connectivity index (χ4n) is 3.38. The lowest BCUT2D eigenvalue weighted by Crippen LogP contribution is -2.71. The third-order valence-corrected chi connectivity index (χ3v) is 8.53. The van der Waals surface area contributed by atoms with Crippen LogP contribution in [0.3, 0.4) is 0 Å². The molecule has 10 nitrogen and oxygen atoms in total. The lowest BCUT2D eigenvalue weighted by atomic mass is 10.0. The molecule has 2 aliphatic heterocycles. The van der Waals surface area contributed by atoms with E-state index in [4.69, 9.17) is 11.6 Å². The average molecular weight is 515 g/mol. The molecule has 0 spiro atoms.